The summed E-state index contributed by atoms with van der Waals surface area (Å²) in [5.74, 6) is -3.46. The van der Waals surface area contributed by atoms with Gasteiger partial charge >= 0.3 is 11.9 Å². The van der Waals surface area contributed by atoms with E-state index in [2.05, 4.69) is 5.32 Å². The van der Waals surface area contributed by atoms with E-state index in [0.29, 0.717) is 11.3 Å². The van der Waals surface area contributed by atoms with E-state index in [1.54, 1.807) is 24.3 Å². The first-order valence-electron chi connectivity index (χ1n) is 7.88. The first-order chi connectivity index (χ1) is 11.7. The number of carbonyl (C=O) groups is 3. The molecular weight excluding hydrogens is 328 g/mol. The van der Waals surface area contributed by atoms with E-state index >= 15 is 0 Å². The molecule has 1 amide bonds. The van der Waals surface area contributed by atoms with Gasteiger partial charge in [0, 0.05) is 11.6 Å². The van der Waals surface area contributed by atoms with Crippen molar-refractivity contribution in [3.63, 3.8) is 0 Å². The SMILES string of the molecule is COc1ccc(C(=O)N[C@H]2C[C@@](N)(C(=O)O)C[C@@H]2[C@@H](C)C(=O)O)cc1. The molecule has 0 spiro atoms. The van der Waals surface area contributed by atoms with Gasteiger partial charge in [-0.3, -0.25) is 14.4 Å². The molecular formula is C17H22N2O6. The van der Waals surface area contributed by atoms with Gasteiger partial charge in [-0.05, 0) is 43.0 Å². The topological polar surface area (TPSA) is 139 Å². The van der Waals surface area contributed by atoms with E-state index in [1.807, 2.05) is 0 Å². The van der Waals surface area contributed by atoms with Crippen LogP contribution in [-0.2, 0) is 9.59 Å². The van der Waals surface area contributed by atoms with Crippen LogP contribution in [0.2, 0.25) is 0 Å². The minimum absolute atomic E-state index is 0.0106. The lowest BCUT2D eigenvalue weighted by atomic mass is 9.88. The second-order valence-electron chi connectivity index (χ2n) is 6.47. The third-order valence-corrected chi connectivity index (χ3v) is 4.83. The van der Waals surface area contributed by atoms with E-state index in [1.165, 1.54) is 14.0 Å². The Morgan fingerprint density at radius 2 is 1.84 bits per heavy atom. The highest BCUT2D eigenvalue weighted by Gasteiger charge is 2.51. The Bertz CT molecular complexity index is 674. The molecule has 4 atom stereocenters. The summed E-state index contributed by atoms with van der Waals surface area (Å²) in [4.78, 5) is 35.2. The number of carboxylic acids is 2. The molecule has 0 bridgehead atoms. The molecule has 0 saturated heterocycles. The van der Waals surface area contributed by atoms with Gasteiger partial charge in [0.25, 0.3) is 5.91 Å². The molecule has 8 heteroatoms. The van der Waals surface area contributed by atoms with Gasteiger partial charge in [-0.1, -0.05) is 6.92 Å². The second kappa shape index (κ2) is 7.10. The summed E-state index contributed by atoms with van der Waals surface area (Å²) in [6, 6.07) is 5.77. The fourth-order valence-electron chi connectivity index (χ4n) is 3.23. The standard InChI is InChI=1S/C17H22N2O6/c1-9(15(21)22)12-7-17(18,16(23)24)8-13(12)19-14(20)10-3-5-11(25-2)6-4-10/h3-6,9,12-13H,7-8,18H2,1-2H3,(H,19,20)(H,21,22)(H,23,24)/t9-,12-,13+,17-/m1/s1. The van der Waals surface area contributed by atoms with Crippen LogP contribution < -0.4 is 15.8 Å². The molecule has 1 aliphatic rings. The van der Waals surface area contributed by atoms with Crippen molar-refractivity contribution in [1.82, 2.24) is 5.32 Å². The highest BCUT2D eigenvalue weighted by Crippen LogP contribution is 2.38. The monoisotopic (exact) mass is 350 g/mol. The van der Waals surface area contributed by atoms with Gasteiger partial charge in [-0.2, -0.15) is 0 Å². The molecule has 1 fully saturated rings. The molecule has 1 aromatic rings. The van der Waals surface area contributed by atoms with Gasteiger partial charge in [0.15, 0.2) is 0 Å². The number of hydrogen-bond donors (Lipinski definition) is 4. The third kappa shape index (κ3) is 3.90. The number of nitrogens with two attached hydrogens (primary N) is 1. The smallest absolute Gasteiger partial charge is 0.323 e. The van der Waals surface area contributed by atoms with E-state index in [9.17, 15) is 24.6 Å². The van der Waals surface area contributed by atoms with Gasteiger partial charge in [-0.25, -0.2) is 0 Å². The Balaban J connectivity index is 2.19. The number of ether oxygens (including phenoxy) is 1. The molecule has 2 rings (SSSR count). The van der Waals surface area contributed by atoms with Crippen LogP contribution in [0.1, 0.15) is 30.1 Å². The number of aliphatic carboxylic acids is 2. The van der Waals surface area contributed by atoms with Gasteiger partial charge in [0.05, 0.1) is 13.0 Å². The molecule has 1 aromatic carbocycles. The highest BCUT2D eigenvalue weighted by atomic mass is 16.5. The van der Waals surface area contributed by atoms with Crippen LogP contribution in [0.3, 0.4) is 0 Å². The van der Waals surface area contributed by atoms with Crippen LogP contribution in [0.4, 0.5) is 0 Å². The van der Waals surface area contributed by atoms with E-state index in [4.69, 9.17) is 10.5 Å². The molecule has 0 aromatic heterocycles. The van der Waals surface area contributed by atoms with Crippen molar-refractivity contribution < 1.29 is 29.3 Å². The number of carbonyl (C=O) groups excluding carboxylic acids is 1. The summed E-state index contributed by atoms with van der Waals surface area (Å²) in [6.07, 6.45) is -0.0319. The van der Waals surface area contributed by atoms with Crippen molar-refractivity contribution >= 4 is 17.8 Å². The molecule has 0 aliphatic heterocycles. The van der Waals surface area contributed by atoms with Crippen LogP contribution in [0, 0.1) is 11.8 Å². The number of methoxy groups -OCH3 is 1. The average Bonchev–Trinajstić information content (AvgIpc) is 2.92. The predicted octanol–water partition coefficient (Wildman–Crippen LogP) is 0.706. The average molecular weight is 350 g/mol. The normalized spacial score (nSPS) is 26.7. The Labute approximate surface area is 145 Å². The van der Waals surface area contributed by atoms with E-state index in [-0.39, 0.29) is 12.8 Å². The van der Waals surface area contributed by atoms with Crippen LogP contribution in [0.25, 0.3) is 0 Å². The van der Waals surface area contributed by atoms with Crippen molar-refractivity contribution in [3.05, 3.63) is 29.8 Å². The zero-order valence-corrected chi connectivity index (χ0v) is 14.1. The third-order valence-electron chi connectivity index (χ3n) is 4.83. The minimum Gasteiger partial charge on any atom is -0.497 e. The van der Waals surface area contributed by atoms with Crippen LogP contribution >= 0.6 is 0 Å². The number of nitrogens with one attached hydrogen (secondary N) is 1. The summed E-state index contributed by atoms with van der Waals surface area (Å²) in [7, 11) is 1.51. The van der Waals surface area contributed by atoms with Crippen LogP contribution in [-0.4, -0.2) is 46.7 Å². The molecule has 136 valence electrons. The molecule has 25 heavy (non-hydrogen) atoms. The first kappa shape index (κ1) is 18.7. The zero-order chi connectivity index (χ0) is 18.8. The molecule has 8 nitrogen and oxygen atoms in total. The Kier molecular flexibility index (Phi) is 5.32. The fourth-order valence-corrected chi connectivity index (χ4v) is 3.23. The molecule has 5 N–H and O–H groups in total. The lowest BCUT2D eigenvalue weighted by Crippen LogP contribution is -2.47. The maximum atomic E-state index is 12.4. The van der Waals surface area contributed by atoms with Crippen molar-refractivity contribution in [3.8, 4) is 5.75 Å². The molecule has 0 unspecified atom stereocenters. The Morgan fingerprint density at radius 1 is 1.24 bits per heavy atom. The van der Waals surface area contributed by atoms with Gasteiger partial charge in [0.2, 0.25) is 0 Å². The number of benzene rings is 1. The summed E-state index contributed by atoms with van der Waals surface area (Å²) >= 11 is 0. The predicted molar refractivity (Wildman–Crippen MR) is 88.3 cm³/mol. The zero-order valence-electron chi connectivity index (χ0n) is 14.1. The molecule has 1 saturated carbocycles. The number of rotatable bonds is 6. The van der Waals surface area contributed by atoms with Crippen LogP contribution in [0.15, 0.2) is 24.3 Å². The van der Waals surface area contributed by atoms with Crippen molar-refractivity contribution in [2.75, 3.05) is 7.11 Å². The minimum atomic E-state index is -1.55. The van der Waals surface area contributed by atoms with Gasteiger partial charge in [-0.15, -0.1) is 0 Å². The second-order valence-corrected chi connectivity index (χ2v) is 6.47. The largest absolute Gasteiger partial charge is 0.497 e. The van der Waals surface area contributed by atoms with Crippen molar-refractivity contribution in [1.29, 1.82) is 0 Å². The van der Waals surface area contributed by atoms with Crippen molar-refractivity contribution in [2.45, 2.75) is 31.3 Å². The molecule has 0 heterocycles. The Hall–Kier alpha value is -2.61. The number of amides is 1. The van der Waals surface area contributed by atoms with Crippen molar-refractivity contribution in [2.24, 2.45) is 17.6 Å². The highest BCUT2D eigenvalue weighted by molar-refractivity contribution is 5.94. The molecule has 0 radical (unpaired) electrons. The summed E-state index contributed by atoms with van der Waals surface area (Å²) in [6.45, 7) is 1.49. The summed E-state index contributed by atoms with van der Waals surface area (Å²) in [5, 5.41) is 21.3. The lowest BCUT2D eigenvalue weighted by Gasteiger charge is -2.23. The number of hydrogen-bond acceptors (Lipinski definition) is 5. The van der Waals surface area contributed by atoms with Gasteiger partial charge in [0.1, 0.15) is 11.3 Å². The number of carboxylic acid groups (broad SMARTS) is 2. The summed E-state index contributed by atoms with van der Waals surface area (Å²) < 4.78 is 5.03. The molecule has 1 aliphatic carbocycles. The maximum absolute atomic E-state index is 12.4. The quantitative estimate of drug-likeness (QED) is 0.592. The van der Waals surface area contributed by atoms with E-state index in [0.717, 1.165) is 0 Å². The van der Waals surface area contributed by atoms with Crippen LogP contribution in [0.5, 0.6) is 5.75 Å². The van der Waals surface area contributed by atoms with Gasteiger partial charge < -0.3 is 26.0 Å². The Morgan fingerprint density at radius 3 is 2.32 bits per heavy atom. The fraction of sp³-hybridized carbons (Fsp3) is 0.471. The maximum Gasteiger partial charge on any atom is 0.323 e. The van der Waals surface area contributed by atoms with E-state index < -0.39 is 41.3 Å². The lowest BCUT2D eigenvalue weighted by molar-refractivity contribution is -0.145. The summed E-state index contributed by atoms with van der Waals surface area (Å²) in [5.41, 5.74) is 4.73. The first-order valence-corrected chi connectivity index (χ1v) is 7.88.